The van der Waals surface area contributed by atoms with Crippen LogP contribution in [0.4, 0.5) is 5.69 Å². The van der Waals surface area contributed by atoms with Gasteiger partial charge in [0.05, 0.1) is 18.1 Å². The molecule has 27 heavy (non-hydrogen) atoms. The Morgan fingerprint density at radius 3 is 2.15 bits per heavy atom. The van der Waals surface area contributed by atoms with Gasteiger partial charge in [-0.2, -0.15) is 0 Å². The maximum absolute atomic E-state index is 12.5. The van der Waals surface area contributed by atoms with Gasteiger partial charge < -0.3 is 9.64 Å². The first-order valence-electron chi connectivity index (χ1n) is 8.97. The second kappa shape index (κ2) is 8.10. The number of anilines is 1. The molecule has 0 spiro atoms. The summed E-state index contributed by atoms with van der Waals surface area (Å²) in [5, 5.41) is 0. The van der Waals surface area contributed by atoms with E-state index < -0.39 is 10.0 Å². The Balaban J connectivity index is 1.70. The summed E-state index contributed by atoms with van der Waals surface area (Å²) in [7, 11) is -3.67. The molecule has 6 nitrogen and oxygen atoms in total. The van der Waals surface area contributed by atoms with Gasteiger partial charge in [0.25, 0.3) is 15.9 Å². The number of hydrogen-bond donors (Lipinski definition) is 1. The molecular weight excluding hydrogens is 364 g/mol. The molecule has 0 bridgehead atoms. The fourth-order valence-corrected chi connectivity index (χ4v) is 3.93. The lowest BCUT2D eigenvalue weighted by molar-refractivity contribution is 0.0303. The number of carbonyl (C=O) groups excluding carboxylic acids is 1. The van der Waals surface area contributed by atoms with Crippen LogP contribution >= 0.6 is 0 Å². The molecule has 1 heterocycles. The normalized spacial score (nSPS) is 15.0. The summed E-state index contributed by atoms with van der Waals surface area (Å²) in [5.74, 6) is 0.267. The summed E-state index contributed by atoms with van der Waals surface area (Å²) in [6.45, 7) is 6.33. The number of hydrogen-bond acceptors (Lipinski definition) is 4. The molecule has 0 saturated carbocycles. The molecular formula is C20H24N2O4S. The molecule has 144 valence electrons. The van der Waals surface area contributed by atoms with Gasteiger partial charge in [0.1, 0.15) is 0 Å². The maximum atomic E-state index is 12.5. The lowest BCUT2D eigenvalue weighted by Gasteiger charge is -2.26. The van der Waals surface area contributed by atoms with Crippen LogP contribution in [0, 0.1) is 0 Å². The van der Waals surface area contributed by atoms with Crippen molar-refractivity contribution < 1.29 is 17.9 Å². The Hall–Kier alpha value is -2.38. The van der Waals surface area contributed by atoms with Crippen LogP contribution in [0.1, 0.15) is 35.7 Å². The van der Waals surface area contributed by atoms with Crippen LogP contribution in [-0.2, 0) is 14.8 Å². The topological polar surface area (TPSA) is 75.7 Å². The SMILES string of the molecule is CC(C)c1ccc(S(=O)(=O)Nc2ccc(C(=O)N3CCOCC3)cc2)cc1. The van der Waals surface area contributed by atoms with Crippen LogP contribution in [0.2, 0.25) is 0 Å². The quantitative estimate of drug-likeness (QED) is 0.854. The molecule has 2 aromatic carbocycles. The number of morpholine rings is 1. The summed E-state index contributed by atoms with van der Waals surface area (Å²) in [4.78, 5) is 14.4. The van der Waals surface area contributed by atoms with Crippen molar-refractivity contribution >= 4 is 21.6 Å². The third-order valence-corrected chi connectivity index (χ3v) is 5.94. The van der Waals surface area contributed by atoms with Gasteiger partial charge >= 0.3 is 0 Å². The number of nitrogens with one attached hydrogen (secondary N) is 1. The number of ether oxygens (including phenoxy) is 1. The predicted octanol–water partition coefficient (Wildman–Crippen LogP) is 3.08. The monoisotopic (exact) mass is 388 g/mol. The second-order valence-electron chi connectivity index (χ2n) is 6.81. The van der Waals surface area contributed by atoms with Crippen LogP contribution in [0.5, 0.6) is 0 Å². The van der Waals surface area contributed by atoms with Crippen LogP contribution in [-0.4, -0.2) is 45.5 Å². The molecule has 0 radical (unpaired) electrons. The number of nitrogens with zero attached hydrogens (tertiary/aromatic N) is 1. The van der Waals surface area contributed by atoms with Crippen molar-refractivity contribution in [3.63, 3.8) is 0 Å². The molecule has 1 fully saturated rings. The minimum Gasteiger partial charge on any atom is -0.378 e. The van der Waals surface area contributed by atoms with Crippen LogP contribution < -0.4 is 4.72 Å². The summed E-state index contributed by atoms with van der Waals surface area (Å²) in [5.41, 5.74) is 2.03. The van der Waals surface area contributed by atoms with Crippen LogP contribution in [0.25, 0.3) is 0 Å². The van der Waals surface area contributed by atoms with Gasteiger partial charge in [0.2, 0.25) is 0 Å². The van der Waals surface area contributed by atoms with Crippen molar-refractivity contribution in [3.8, 4) is 0 Å². The summed E-state index contributed by atoms with van der Waals surface area (Å²) in [6.07, 6.45) is 0. The van der Waals surface area contributed by atoms with E-state index in [0.717, 1.165) is 5.56 Å². The van der Waals surface area contributed by atoms with Crippen LogP contribution in [0.3, 0.4) is 0 Å². The number of sulfonamides is 1. The van der Waals surface area contributed by atoms with Gasteiger partial charge in [-0.25, -0.2) is 8.42 Å². The zero-order chi connectivity index (χ0) is 19.4. The highest BCUT2D eigenvalue weighted by atomic mass is 32.2. The van der Waals surface area contributed by atoms with Gasteiger partial charge in [-0.1, -0.05) is 26.0 Å². The largest absolute Gasteiger partial charge is 0.378 e. The second-order valence-corrected chi connectivity index (χ2v) is 8.49. The smallest absolute Gasteiger partial charge is 0.261 e. The molecule has 0 aromatic heterocycles. The van der Waals surface area contributed by atoms with E-state index in [1.165, 1.54) is 0 Å². The fraction of sp³-hybridized carbons (Fsp3) is 0.350. The van der Waals surface area contributed by atoms with E-state index in [-0.39, 0.29) is 10.8 Å². The first-order chi connectivity index (χ1) is 12.9. The lowest BCUT2D eigenvalue weighted by atomic mass is 10.0. The van der Waals surface area contributed by atoms with E-state index in [9.17, 15) is 13.2 Å². The first-order valence-corrected chi connectivity index (χ1v) is 10.4. The molecule has 2 aromatic rings. The summed E-state index contributed by atoms with van der Waals surface area (Å²) >= 11 is 0. The van der Waals surface area contributed by atoms with Crippen molar-refractivity contribution in [3.05, 3.63) is 59.7 Å². The molecule has 7 heteroatoms. The summed E-state index contributed by atoms with van der Waals surface area (Å²) < 4.78 is 32.9. The van der Waals surface area contributed by atoms with Gasteiger partial charge in [-0.15, -0.1) is 0 Å². The molecule has 1 aliphatic rings. The third-order valence-electron chi connectivity index (χ3n) is 4.54. The van der Waals surface area contributed by atoms with Crippen molar-refractivity contribution in [2.45, 2.75) is 24.7 Å². The first kappa shape index (κ1) is 19.4. The highest BCUT2D eigenvalue weighted by Gasteiger charge is 2.19. The lowest BCUT2D eigenvalue weighted by Crippen LogP contribution is -2.40. The Labute approximate surface area is 160 Å². The molecule has 1 amide bonds. The van der Waals surface area contributed by atoms with Crippen molar-refractivity contribution in [1.29, 1.82) is 0 Å². The van der Waals surface area contributed by atoms with Gasteiger partial charge in [0.15, 0.2) is 0 Å². The summed E-state index contributed by atoms with van der Waals surface area (Å²) in [6, 6.07) is 13.3. The number of rotatable bonds is 5. The Morgan fingerprint density at radius 1 is 1.00 bits per heavy atom. The van der Waals surface area contributed by atoms with E-state index in [4.69, 9.17) is 4.74 Å². The third kappa shape index (κ3) is 4.67. The number of carbonyl (C=O) groups is 1. The Bertz CT molecular complexity index is 885. The highest BCUT2D eigenvalue weighted by molar-refractivity contribution is 7.92. The number of amides is 1. The van der Waals surface area contributed by atoms with Gasteiger partial charge in [-0.05, 0) is 47.9 Å². The molecule has 0 aliphatic carbocycles. The molecule has 1 aliphatic heterocycles. The van der Waals surface area contributed by atoms with E-state index in [1.54, 1.807) is 41.3 Å². The molecule has 1 saturated heterocycles. The van der Waals surface area contributed by atoms with E-state index >= 15 is 0 Å². The van der Waals surface area contributed by atoms with Crippen molar-refractivity contribution in [2.75, 3.05) is 31.0 Å². The minimum atomic E-state index is -3.67. The zero-order valence-electron chi connectivity index (χ0n) is 15.5. The maximum Gasteiger partial charge on any atom is 0.261 e. The Kier molecular flexibility index (Phi) is 5.82. The van der Waals surface area contributed by atoms with Gasteiger partial charge in [0, 0.05) is 24.3 Å². The van der Waals surface area contributed by atoms with E-state index in [2.05, 4.69) is 18.6 Å². The molecule has 3 rings (SSSR count). The average Bonchev–Trinajstić information content (AvgIpc) is 2.68. The van der Waals surface area contributed by atoms with Crippen molar-refractivity contribution in [2.24, 2.45) is 0 Å². The van der Waals surface area contributed by atoms with Gasteiger partial charge in [-0.3, -0.25) is 9.52 Å². The molecule has 1 N–H and O–H groups in total. The average molecular weight is 388 g/mol. The standard InChI is InChI=1S/C20H24N2O4S/c1-15(2)16-5-9-19(10-6-16)27(24,25)21-18-7-3-17(4-8-18)20(23)22-11-13-26-14-12-22/h3-10,15,21H,11-14H2,1-2H3. The Morgan fingerprint density at radius 2 is 1.59 bits per heavy atom. The van der Waals surface area contributed by atoms with E-state index in [1.807, 2.05) is 12.1 Å². The van der Waals surface area contributed by atoms with E-state index in [0.29, 0.717) is 43.5 Å². The fourth-order valence-electron chi connectivity index (χ4n) is 2.88. The zero-order valence-corrected chi connectivity index (χ0v) is 16.3. The predicted molar refractivity (Wildman–Crippen MR) is 105 cm³/mol. The number of benzene rings is 2. The van der Waals surface area contributed by atoms with Crippen LogP contribution in [0.15, 0.2) is 53.4 Å². The minimum absolute atomic E-state index is 0.0722. The van der Waals surface area contributed by atoms with Crippen molar-refractivity contribution in [1.82, 2.24) is 4.90 Å². The molecule has 0 unspecified atom stereocenters. The molecule has 0 atom stereocenters. The highest BCUT2D eigenvalue weighted by Crippen LogP contribution is 2.20.